The van der Waals surface area contributed by atoms with Crippen molar-refractivity contribution in [2.24, 2.45) is 0 Å². The molecule has 4 aromatic rings. The van der Waals surface area contributed by atoms with E-state index in [1.54, 1.807) is 26.4 Å². The van der Waals surface area contributed by atoms with E-state index in [9.17, 15) is 4.79 Å². The average Bonchev–Trinajstić information content (AvgIpc) is 3.32. The number of rotatable bonds is 5. The third-order valence-corrected chi connectivity index (χ3v) is 4.63. The lowest BCUT2D eigenvalue weighted by molar-refractivity contribution is -0.111. The van der Waals surface area contributed by atoms with Crippen LogP contribution in [0.1, 0.15) is 18.2 Å². The number of fused-ring (bicyclic) bond motifs is 1. The van der Waals surface area contributed by atoms with Gasteiger partial charge >= 0.3 is 0 Å². The Labute approximate surface area is 167 Å². The van der Waals surface area contributed by atoms with Gasteiger partial charge < -0.3 is 19.0 Å². The number of allylic oxidation sites excluding steroid dienone is 1. The van der Waals surface area contributed by atoms with Gasteiger partial charge in [-0.2, -0.15) is 0 Å². The second-order valence-electron chi connectivity index (χ2n) is 6.70. The lowest BCUT2D eigenvalue weighted by Gasteiger charge is -2.10. The van der Waals surface area contributed by atoms with Crippen LogP contribution in [0.2, 0.25) is 0 Å². The molecule has 0 saturated heterocycles. The maximum atomic E-state index is 12.4. The smallest absolute Gasteiger partial charge is 0.249 e. The zero-order valence-electron chi connectivity index (χ0n) is 16.4. The summed E-state index contributed by atoms with van der Waals surface area (Å²) in [5.74, 6) is 1.33. The monoisotopic (exact) mass is 388 g/mol. The number of nitrogens with one attached hydrogen (secondary N) is 1. The van der Waals surface area contributed by atoms with Gasteiger partial charge in [0.05, 0.1) is 13.4 Å². The molecule has 0 aliphatic rings. The van der Waals surface area contributed by atoms with E-state index >= 15 is 0 Å². The topological polar surface area (TPSA) is 77.5 Å². The minimum Gasteiger partial charge on any atom is -0.496 e. The van der Waals surface area contributed by atoms with Crippen LogP contribution in [0.3, 0.4) is 0 Å². The molecule has 1 amide bonds. The van der Waals surface area contributed by atoms with Gasteiger partial charge in [-0.15, -0.1) is 0 Å². The molecular weight excluding hydrogens is 368 g/mol. The number of nitrogens with zero attached hydrogens (tertiary/aromatic N) is 1. The number of methoxy groups -OCH3 is 1. The maximum absolute atomic E-state index is 12.4. The molecule has 0 fully saturated rings. The van der Waals surface area contributed by atoms with Crippen LogP contribution in [0.25, 0.3) is 27.7 Å². The summed E-state index contributed by atoms with van der Waals surface area (Å²) in [4.78, 5) is 12.4. The number of carbonyl (C=O) groups is 1. The van der Waals surface area contributed by atoms with E-state index < -0.39 is 0 Å². The number of aryl methyl sites for hydroxylation is 1. The van der Waals surface area contributed by atoms with Gasteiger partial charge in [0.15, 0.2) is 5.82 Å². The summed E-state index contributed by atoms with van der Waals surface area (Å²) in [7, 11) is 1.59. The predicted molar refractivity (Wildman–Crippen MR) is 112 cm³/mol. The fourth-order valence-electron chi connectivity index (χ4n) is 3.24. The first-order valence-electron chi connectivity index (χ1n) is 9.13. The van der Waals surface area contributed by atoms with Crippen LogP contribution in [0.5, 0.6) is 5.75 Å². The van der Waals surface area contributed by atoms with Crippen molar-refractivity contribution in [3.63, 3.8) is 0 Å². The zero-order chi connectivity index (χ0) is 20.4. The third kappa shape index (κ3) is 3.78. The van der Waals surface area contributed by atoms with Crippen molar-refractivity contribution in [2.45, 2.75) is 13.8 Å². The highest BCUT2D eigenvalue weighted by Gasteiger charge is 2.15. The Morgan fingerprint density at radius 1 is 1.17 bits per heavy atom. The molecule has 2 aromatic heterocycles. The van der Waals surface area contributed by atoms with E-state index in [0.717, 1.165) is 33.2 Å². The van der Waals surface area contributed by atoms with Crippen LogP contribution in [-0.2, 0) is 4.79 Å². The molecule has 29 heavy (non-hydrogen) atoms. The van der Waals surface area contributed by atoms with Crippen molar-refractivity contribution in [2.75, 3.05) is 12.4 Å². The second-order valence-corrected chi connectivity index (χ2v) is 6.70. The van der Waals surface area contributed by atoms with Crippen molar-refractivity contribution in [1.82, 2.24) is 5.16 Å². The molecule has 0 aliphatic carbocycles. The predicted octanol–water partition coefficient (Wildman–Crippen LogP) is 5.45. The van der Waals surface area contributed by atoms with E-state index in [1.165, 1.54) is 6.08 Å². The lowest BCUT2D eigenvalue weighted by Crippen LogP contribution is -2.08. The number of furan rings is 1. The standard InChI is InChI=1S/C23H20N2O4/c1-14(9-23(26)24-22-10-15(2)29-25-22)17-11-18-19(16-7-5-4-6-8-16)13-28-21(18)12-20(17)27-3/h4-13H,1-3H3,(H,24,25,26)/b14-9+. The molecule has 1 N–H and O–H groups in total. The molecule has 6 heteroatoms. The number of amides is 1. The van der Waals surface area contributed by atoms with Gasteiger partial charge in [-0.3, -0.25) is 4.79 Å². The summed E-state index contributed by atoms with van der Waals surface area (Å²) in [6.07, 6.45) is 3.25. The van der Waals surface area contributed by atoms with Gasteiger partial charge in [0.1, 0.15) is 17.1 Å². The molecule has 146 valence electrons. The third-order valence-electron chi connectivity index (χ3n) is 4.63. The highest BCUT2D eigenvalue weighted by molar-refractivity contribution is 6.05. The van der Waals surface area contributed by atoms with Crippen molar-refractivity contribution in [3.8, 4) is 16.9 Å². The van der Waals surface area contributed by atoms with Crippen LogP contribution in [0.4, 0.5) is 5.82 Å². The maximum Gasteiger partial charge on any atom is 0.249 e. The molecule has 0 spiro atoms. The summed E-state index contributed by atoms with van der Waals surface area (Å²) in [6.45, 7) is 3.62. The second kappa shape index (κ2) is 7.67. The summed E-state index contributed by atoms with van der Waals surface area (Å²) in [6, 6.07) is 15.5. The average molecular weight is 388 g/mol. The Hall–Kier alpha value is -3.80. The van der Waals surface area contributed by atoms with Crippen molar-refractivity contribution in [3.05, 3.63) is 72.2 Å². The molecule has 0 unspecified atom stereocenters. The number of anilines is 1. The van der Waals surface area contributed by atoms with Crippen LogP contribution >= 0.6 is 0 Å². The van der Waals surface area contributed by atoms with E-state index in [-0.39, 0.29) is 5.91 Å². The summed E-state index contributed by atoms with van der Waals surface area (Å²) < 4.78 is 16.2. The lowest BCUT2D eigenvalue weighted by atomic mass is 9.99. The number of ether oxygens (including phenoxy) is 1. The first-order valence-corrected chi connectivity index (χ1v) is 9.13. The molecule has 0 atom stereocenters. The van der Waals surface area contributed by atoms with E-state index in [2.05, 4.69) is 10.5 Å². The number of carbonyl (C=O) groups excluding carboxylic acids is 1. The normalized spacial score (nSPS) is 11.6. The molecule has 4 rings (SSSR count). The SMILES string of the molecule is COc1cc2occ(-c3ccccc3)c2cc1/C(C)=C/C(=O)Nc1cc(C)on1. The van der Waals surface area contributed by atoms with Gasteiger partial charge in [0, 0.05) is 34.7 Å². The Bertz CT molecular complexity index is 1200. The van der Waals surface area contributed by atoms with Crippen LogP contribution < -0.4 is 10.1 Å². The molecule has 6 nitrogen and oxygen atoms in total. The number of hydrogen-bond donors (Lipinski definition) is 1. The quantitative estimate of drug-likeness (QED) is 0.460. The number of hydrogen-bond acceptors (Lipinski definition) is 5. The van der Waals surface area contributed by atoms with Crippen LogP contribution in [0.15, 0.2) is 69.8 Å². The van der Waals surface area contributed by atoms with Gasteiger partial charge in [0.2, 0.25) is 5.91 Å². The highest BCUT2D eigenvalue weighted by atomic mass is 16.5. The van der Waals surface area contributed by atoms with E-state index in [1.807, 2.05) is 49.4 Å². The van der Waals surface area contributed by atoms with E-state index in [4.69, 9.17) is 13.7 Å². The molecule has 0 aliphatic heterocycles. The Kier molecular flexibility index (Phi) is 4.91. The van der Waals surface area contributed by atoms with E-state index in [0.29, 0.717) is 17.3 Å². The number of benzene rings is 2. The highest BCUT2D eigenvalue weighted by Crippen LogP contribution is 2.37. The summed E-state index contributed by atoms with van der Waals surface area (Å²) in [5, 5.41) is 7.42. The van der Waals surface area contributed by atoms with Crippen molar-refractivity contribution < 1.29 is 18.5 Å². The minimum atomic E-state index is -0.298. The molecular formula is C23H20N2O4. The fraction of sp³-hybridized carbons (Fsp3) is 0.130. The van der Waals surface area contributed by atoms with Gasteiger partial charge in [-0.25, -0.2) is 0 Å². The van der Waals surface area contributed by atoms with Crippen molar-refractivity contribution >= 4 is 28.3 Å². The first kappa shape index (κ1) is 18.6. The fourth-order valence-corrected chi connectivity index (χ4v) is 3.24. The number of aromatic nitrogens is 1. The van der Waals surface area contributed by atoms with Crippen LogP contribution in [0, 0.1) is 6.92 Å². The van der Waals surface area contributed by atoms with Gasteiger partial charge in [-0.1, -0.05) is 35.5 Å². The molecule has 0 bridgehead atoms. The van der Waals surface area contributed by atoms with Crippen molar-refractivity contribution in [1.29, 1.82) is 0 Å². The first-order chi connectivity index (χ1) is 14.0. The minimum absolute atomic E-state index is 0.298. The summed E-state index contributed by atoms with van der Waals surface area (Å²) >= 11 is 0. The largest absolute Gasteiger partial charge is 0.496 e. The zero-order valence-corrected chi connectivity index (χ0v) is 16.4. The Balaban J connectivity index is 1.72. The van der Waals surface area contributed by atoms with Gasteiger partial charge in [0.25, 0.3) is 0 Å². The molecule has 0 saturated carbocycles. The van der Waals surface area contributed by atoms with Gasteiger partial charge in [-0.05, 0) is 31.1 Å². The summed E-state index contributed by atoms with van der Waals surface area (Å²) in [5.41, 5.74) is 4.33. The molecule has 0 radical (unpaired) electrons. The molecule has 2 heterocycles. The molecule has 2 aromatic carbocycles. The van der Waals surface area contributed by atoms with Crippen LogP contribution in [-0.4, -0.2) is 18.2 Å². The Morgan fingerprint density at radius 3 is 2.66 bits per heavy atom. The Morgan fingerprint density at radius 2 is 1.97 bits per heavy atom.